The third kappa shape index (κ3) is 3.47. The van der Waals surface area contributed by atoms with E-state index in [0.29, 0.717) is 0 Å². The molecule has 2 nitrogen and oxygen atoms in total. The highest BCUT2D eigenvalue weighted by Crippen LogP contribution is 2.17. The smallest absolute Gasteiger partial charge is 0.0305 e. The molecular formula is C15H22N2S. The van der Waals surface area contributed by atoms with Gasteiger partial charge in [-0.1, -0.05) is 13.8 Å². The summed E-state index contributed by atoms with van der Waals surface area (Å²) >= 11 is 1.85. The van der Waals surface area contributed by atoms with Crippen LogP contribution in [0.2, 0.25) is 0 Å². The van der Waals surface area contributed by atoms with Crippen LogP contribution in [0.25, 0.3) is 0 Å². The molecule has 0 bridgehead atoms. The summed E-state index contributed by atoms with van der Waals surface area (Å²) in [4.78, 5) is 1.48. The Labute approximate surface area is 114 Å². The maximum atomic E-state index is 3.53. The van der Waals surface area contributed by atoms with Gasteiger partial charge in [-0.25, -0.2) is 0 Å². The van der Waals surface area contributed by atoms with Gasteiger partial charge in [0, 0.05) is 36.9 Å². The topological polar surface area (TPSA) is 17.0 Å². The van der Waals surface area contributed by atoms with Crippen molar-refractivity contribution in [3.63, 3.8) is 0 Å². The Bertz CT molecular complexity index is 470. The highest BCUT2D eigenvalue weighted by atomic mass is 32.1. The summed E-state index contributed by atoms with van der Waals surface area (Å²) in [5.41, 5.74) is 2.86. The molecule has 3 heteroatoms. The van der Waals surface area contributed by atoms with Gasteiger partial charge in [-0.15, -0.1) is 11.3 Å². The van der Waals surface area contributed by atoms with Gasteiger partial charge in [0.25, 0.3) is 0 Å². The molecule has 98 valence electrons. The average molecular weight is 262 g/mol. The Balaban J connectivity index is 1.81. The van der Waals surface area contributed by atoms with Gasteiger partial charge in [0.1, 0.15) is 0 Å². The fourth-order valence-electron chi connectivity index (χ4n) is 2.15. The van der Waals surface area contributed by atoms with Crippen LogP contribution in [0.15, 0.2) is 29.9 Å². The number of rotatable bonds is 7. The average Bonchev–Trinajstić information content (AvgIpc) is 2.99. The molecule has 0 saturated carbocycles. The summed E-state index contributed by atoms with van der Waals surface area (Å²) in [6, 6.07) is 4.44. The zero-order valence-corrected chi connectivity index (χ0v) is 12.1. The Morgan fingerprint density at radius 3 is 2.89 bits per heavy atom. The van der Waals surface area contributed by atoms with Crippen LogP contribution in [0, 0.1) is 0 Å². The molecule has 2 aromatic rings. The quantitative estimate of drug-likeness (QED) is 0.803. The normalized spacial score (nSPS) is 11.0. The van der Waals surface area contributed by atoms with Crippen molar-refractivity contribution in [2.24, 2.45) is 0 Å². The Morgan fingerprint density at radius 2 is 2.11 bits per heavy atom. The maximum absolute atomic E-state index is 3.53. The lowest BCUT2D eigenvalue weighted by Gasteiger charge is -2.04. The zero-order valence-electron chi connectivity index (χ0n) is 11.3. The third-order valence-corrected chi connectivity index (χ3v) is 4.09. The fraction of sp³-hybridized carbons (Fsp3) is 0.467. The van der Waals surface area contributed by atoms with Crippen molar-refractivity contribution < 1.29 is 0 Å². The first-order valence-corrected chi connectivity index (χ1v) is 7.62. The largest absolute Gasteiger partial charge is 0.354 e. The van der Waals surface area contributed by atoms with Gasteiger partial charge in [0.15, 0.2) is 0 Å². The second-order valence-electron chi connectivity index (χ2n) is 4.58. The van der Waals surface area contributed by atoms with E-state index in [2.05, 4.69) is 53.6 Å². The number of thiophene rings is 1. The summed E-state index contributed by atoms with van der Waals surface area (Å²) in [6.45, 7) is 7.49. The summed E-state index contributed by atoms with van der Waals surface area (Å²) in [5.74, 6) is 0. The highest BCUT2D eigenvalue weighted by molar-refractivity contribution is 7.10. The minimum atomic E-state index is 0.956. The minimum absolute atomic E-state index is 0.956. The van der Waals surface area contributed by atoms with E-state index in [1.54, 1.807) is 0 Å². The van der Waals surface area contributed by atoms with E-state index in [9.17, 15) is 0 Å². The van der Waals surface area contributed by atoms with E-state index < -0.39 is 0 Å². The molecule has 0 saturated heterocycles. The van der Waals surface area contributed by atoms with Gasteiger partial charge in [-0.3, -0.25) is 0 Å². The van der Waals surface area contributed by atoms with Crippen LogP contribution in [0.3, 0.4) is 0 Å². The van der Waals surface area contributed by atoms with Crippen LogP contribution in [0.1, 0.15) is 36.3 Å². The number of aromatic nitrogens is 1. The summed E-state index contributed by atoms with van der Waals surface area (Å²) in [7, 11) is 0. The third-order valence-electron chi connectivity index (χ3n) is 3.13. The van der Waals surface area contributed by atoms with Crippen molar-refractivity contribution in [3.05, 3.63) is 45.9 Å². The van der Waals surface area contributed by atoms with Crippen LogP contribution in [-0.4, -0.2) is 4.57 Å². The van der Waals surface area contributed by atoms with Crippen molar-refractivity contribution in [2.45, 2.75) is 46.3 Å². The lowest BCUT2D eigenvalue weighted by atomic mass is 10.2. The van der Waals surface area contributed by atoms with Crippen LogP contribution < -0.4 is 5.32 Å². The summed E-state index contributed by atoms with van der Waals surface area (Å²) in [6.07, 6.45) is 6.73. The second-order valence-corrected chi connectivity index (χ2v) is 5.58. The van der Waals surface area contributed by atoms with Crippen molar-refractivity contribution in [1.82, 2.24) is 9.88 Å². The highest BCUT2D eigenvalue weighted by Gasteiger charge is 2.02. The van der Waals surface area contributed by atoms with E-state index in [0.717, 1.165) is 26.1 Å². The van der Waals surface area contributed by atoms with Crippen LogP contribution >= 0.6 is 11.3 Å². The monoisotopic (exact) mass is 262 g/mol. The fourth-order valence-corrected chi connectivity index (χ4v) is 3.10. The molecular weight excluding hydrogens is 240 g/mol. The molecule has 0 atom stereocenters. The van der Waals surface area contributed by atoms with Gasteiger partial charge in [-0.05, 0) is 41.5 Å². The van der Waals surface area contributed by atoms with E-state index in [4.69, 9.17) is 0 Å². The molecule has 0 radical (unpaired) electrons. The van der Waals surface area contributed by atoms with Crippen LogP contribution in [0.5, 0.6) is 0 Å². The Hall–Kier alpha value is -1.06. The van der Waals surface area contributed by atoms with Crippen molar-refractivity contribution >= 4 is 11.3 Å². The Kier molecular flexibility index (Phi) is 5.02. The van der Waals surface area contributed by atoms with Crippen LogP contribution in [-0.2, 0) is 26.1 Å². The molecule has 0 fully saturated rings. The lowest BCUT2D eigenvalue weighted by molar-refractivity contribution is 0.669. The molecule has 0 unspecified atom stereocenters. The molecule has 0 spiro atoms. The van der Waals surface area contributed by atoms with Gasteiger partial charge in [-0.2, -0.15) is 0 Å². The molecule has 2 heterocycles. The number of nitrogens with one attached hydrogen (secondary N) is 1. The van der Waals surface area contributed by atoms with Gasteiger partial charge >= 0.3 is 0 Å². The molecule has 1 N–H and O–H groups in total. The maximum Gasteiger partial charge on any atom is 0.0305 e. The number of hydrogen-bond acceptors (Lipinski definition) is 2. The first-order chi connectivity index (χ1) is 8.83. The minimum Gasteiger partial charge on any atom is -0.354 e. The number of nitrogens with zero attached hydrogens (tertiary/aromatic N) is 1. The van der Waals surface area contributed by atoms with E-state index in [-0.39, 0.29) is 0 Å². The number of hydrogen-bond donors (Lipinski definition) is 1. The lowest BCUT2D eigenvalue weighted by Crippen LogP contribution is -2.12. The molecule has 0 aromatic carbocycles. The van der Waals surface area contributed by atoms with Crippen molar-refractivity contribution in [3.8, 4) is 0 Å². The second kappa shape index (κ2) is 6.76. The SMILES string of the molecule is CCCn1ccc(CNCc2sccc2CC)c1. The first kappa shape index (κ1) is 13.4. The van der Waals surface area contributed by atoms with Gasteiger partial charge in [0.05, 0.1) is 0 Å². The predicted octanol–water partition coefficient (Wildman–Crippen LogP) is 3.81. The summed E-state index contributed by atoms with van der Waals surface area (Å²) in [5, 5.41) is 5.72. The summed E-state index contributed by atoms with van der Waals surface area (Å²) < 4.78 is 2.26. The van der Waals surface area contributed by atoms with E-state index >= 15 is 0 Å². The van der Waals surface area contributed by atoms with E-state index in [1.807, 2.05) is 11.3 Å². The van der Waals surface area contributed by atoms with Gasteiger partial charge < -0.3 is 9.88 Å². The zero-order chi connectivity index (χ0) is 12.8. The standard InChI is InChI=1S/C15H22N2S/c1-3-7-17-8-5-13(12-17)10-16-11-15-14(4-2)6-9-18-15/h5-6,8-9,12,16H,3-4,7,10-11H2,1-2H3. The van der Waals surface area contributed by atoms with Crippen molar-refractivity contribution in [2.75, 3.05) is 0 Å². The molecule has 18 heavy (non-hydrogen) atoms. The molecule has 0 aliphatic heterocycles. The van der Waals surface area contributed by atoms with Gasteiger partial charge in [0.2, 0.25) is 0 Å². The van der Waals surface area contributed by atoms with E-state index in [1.165, 1.54) is 22.4 Å². The molecule has 2 rings (SSSR count). The molecule has 0 aliphatic carbocycles. The molecule has 2 aromatic heterocycles. The van der Waals surface area contributed by atoms with Crippen LogP contribution in [0.4, 0.5) is 0 Å². The number of aryl methyl sites for hydroxylation is 2. The predicted molar refractivity (Wildman–Crippen MR) is 79.0 cm³/mol. The molecule has 0 aliphatic rings. The first-order valence-electron chi connectivity index (χ1n) is 6.74. The Morgan fingerprint density at radius 1 is 1.22 bits per heavy atom. The van der Waals surface area contributed by atoms with Crippen molar-refractivity contribution in [1.29, 1.82) is 0 Å². The molecule has 0 amide bonds.